The lowest BCUT2D eigenvalue weighted by atomic mass is 9.95. The van der Waals surface area contributed by atoms with E-state index in [1.807, 2.05) is 13.8 Å². The molecule has 0 atom stereocenters. The SMILES string of the molecule is CC.CC(C)(CN)C(=O)O.Cc1ccc2c(c1)OCCC2. The highest BCUT2D eigenvalue weighted by Crippen LogP contribution is 2.25. The molecule has 1 heterocycles. The summed E-state index contributed by atoms with van der Waals surface area (Å²) in [4.78, 5) is 10.2. The Balaban J connectivity index is 0.000000358. The van der Waals surface area contributed by atoms with Crippen molar-refractivity contribution >= 4 is 5.97 Å². The standard InChI is InChI=1S/C10H12O.C5H11NO2.C2H6/c1-8-4-5-9-3-2-6-11-10(9)7-8;1-5(2,3-6)4(7)8;1-2/h4-5,7H,2-3,6H2,1H3;3,6H2,1-2H3,(H,7,8);1-2H3. The Hall–Kier alpha value is -1.55. The van der Waals surface area contributed by atoms with Gasteiger partial charge in [0.05, 0.1) is 12.0 Å². The van der Waals surface area contributed by atoms with Gasteiger partial charge in [-0.2, -0.15) is 0 Å². The number of ether oxygens (including phenoxy) is 1. The molecule has 1 aromatic rings. The van der Waals surface area contributed by atoms with Crippen molar-refractivity contribution < 1.29 is 14.6 Å². The van der Waals surface area contributed by atoms with E-state index in [1.54, 1.807) is 13.8 Å². The van der Waals surface area contributed by atoms with Crippen LogP contribution in [0.5, 0.6) is 5.75 Å². The Morgan fingerprint density at radius 3 is 2.48 bits per heavy atom. The molecule has 2 rings (SSSR count). The van der Waals surface area contributed by atoms with Gasteiger partial charge in [0.1, 0.15) is 5.75 Å². The largest absolute Gasteiger partial charge is 0.493 e. The van der Waals surface area contributed by atoms with E-state index < -0.39 is 11.4 Å². The lowest BCUT2D eigenvalue weighted by Gasteiger charge is -2.16. The summed E-state index contributed by atoms with van der Waals surface area (Å²) in [5.74, 6) is 0.247. The Labute approximate surface area is 128 Å². The molecular weight excluding hydrogens is 266 g/mol. The molecule has 120 valence electrons. The summed E-state index contributed by atoms with van der Waals surface area (Å²) in [6.45, 7) is 10.3. The van der Waals surface area contributed by atoms with Crippen LogP contribution in [0.2, 0.25) is 0 Å². The molecular formula is C17H29NO3. The maximum absolute atomic E-state index is 10.2. The Bertz CT molecular complexity index is 442. The van der Waals surface area contributed by atoms with Crippen LogP contribution in [-0.4, -0.2) is 24.2 Å². The van der Waals surface area contributed by atoms with Crippen molar-refractivity contribution in [2.24, 2.45) is 11.1 Å². The number of fused-ring (bicyclic) bond motifs is 1. The number of aryl methyl sites for hydroxylation is 2. The average Bonchev–Trinajstić information content (AvgIpc) is 2.49. The molecule has 0 saturated heterocycles. The second kappa shape index (κ2) is 9.40. The highest BCUT2D eigenvalue weighted by atomic mass is 16.5. The van der Waals surface area contributed by atoms with Gasteiger partial charge >= 0.3 is 5.97 Å². The van der Waals surface area contributed by atoms with Gasteiger partial charge in [-0.1, -0.05) is 26.0 Å². The molecule has 3 N–H and O–H groups in total. The summed E-state index contributed by atoms with van der Waals surface area (Å²) in [5.41, 5.74) is 7.01. The zero-order valence-corrected chi connectivity index (χ0v) is 13.9. The highest BCUT2D eigenvalue weighted by molar-refractivity contribution is 5.73. The van der Waals surface area contributed by atoms with Crippen molar-refractivity contribution in [1.82, 2.24) is 0 Å². The summed E-state index contributed by atoms with van der Waals surface area (Å²) in [5, 5.41) is 8.36. The topological polar surface area (TPSA) is 72.6 Å². The summed E-state index contributed by atoms with van der Waals surface area (Å²) in [6.07, 6.45) is 2.34. The Kier molecular flexibility index (Phi) is 8.70. The molecule has 0 unspecified atom stereocenters. The second-order valence-electron chi connectivity index (χ2n) is 5.46. The minimum Gasteiger partial charge on any atom is -0.493 e. The summed E-state index contributed by atoms with van der Waals surface area (Å²) in [7, 11) is 0. The van der Waals surface area contributed by atoms with Crippen LogP contribution >= 0.6 is 0 Å². The van der Waals surface area contributed by atoms with Gasteiger partial charge in [0.15, 0.2) is 0 Å². The number of carboxylic acids is 1. The van der Waals surface area contributed by atoms with E-state index in [4.69, 9.17) is 15.6 Å². The van der Waals surface area contributed by atoms with E-state index in [1.165, 1.54) is 17.5 Å². The van der Waals surface area contributed by atoms with Crippen LogP contribution in [0.1, 0.15) is 45.2 Å². The van der Waals surface area contributed by atoms with Crippen molar-refractivity contribution in [1.29, 1.82) is 0 Å². The minimum absolute atomic E-state index is 0.183. The summed E-state index contributed by atoms with van der Waals surface area (Å²) < 4.78 is 5.50. The molecule has 0 amide bonds. The van der Waals surface area contributed by atoms with E-state index in [2.05, 4.69) is 25.1 Å². The smallest absolute Gasteiger partial charge is 0.310 e. The molecule has 0 fully saturated rings. The molecule has 1 aliphatic heterocycles. The number of carboxylic acid groups (broad SMARTS) is 1. The second-order valence-corrected chi connectivity index (χ2v) is 5.46. The number of aliphatic carboxylic acids is 1. The maximum atomic E-state index is 10.2. The summed E-state index contributed by atoms with van der Waals surface area (Å²) in [6, 6.07) is 6.44. The first kappa shape index (κ1) is 19.4. The third-order valence-electron chi connectivity index (χ3n) is 3.16. The predicted octanol–water partition coefficient (Wildman–Crippen LogP) is 3.40. The molecule has 0 radical (unpaired) electrons. The fourth-order valence-electron chi connectivity index (χ4n) is 1.53. The van der Waals surface area contributed by atoms with Gasteiger partial charge in [0, 0.05) is 6.54 Å². The van der Waals surface area contributed by atoms with Crippen LogP contribution in [0, 0.1) is 12.3 Å². The minimum atomic E-state index is -0.847. The van der Waals surface area contributed by atoms with Crippen molar-refractivity contribution in [3.63, 3.8) is 0 Å². The molecule has 0 aromatic heterocycles. The van der Waals surface area contributed by atoms with Crippen molar-refractivity contribution in [3.8, 4) is 5.75 Å². The number of nitrogens with two attached hydrogens (primary N) is 1. The van der Waals surface area contributed by atoms with Gasteiger partial charge in [-0.3, -0.25) is 4.79 Å². The molecule has 0 bridgehead atoms. The van der Waals surface area contributed by atoms with E-state index in [0.717, 1.165) is 18.8 Å². The van der Waals surface area contributed by atoms with Crippen molar-refractivity contribution in [3.05, 3.63) is 29.3 Å². The maximum Gasteiger partial charge on any atom is 0.310 e. The van der Waals surface area contributed by atoms with E-state index >= 15 is 0 Å². The quantitative estimate of drug-likeness (QED) is 0.877. The molecule has 1 aliphatic rings. The predicted molar refractivity (Wildman–Crippen MR) is 86.8 cm³/mol. The van der Waals surface area contributed by atoms with Gasteiger partial charge in [0.25, 0.3) is 0 Å². The van der Waals surface area contributed by atoms with Crippen LogP contribution in [0.25, 0.3) is 0 Å². The first-order chi connectivity index (χ1) is 9.86. The zero-order valence-electron chi connectivity index (χ0n) is 13.9. The number of hydrogen-bond donors (Lipinski definition) is 2. The fourth-order valence-corrected chi connectivity index (χ4v) is 1.53. The van der Waals surface area contributed by atoms with Crippen LogP contribution in [-0.2, 0) is 11.2 Å². The molecule has 1 aromatic carbocycles. The van der Waals surface area contributed by atoms with Gasteiger partial charge in [-0.05, 0) is 50.8 Å². The number of rotatable bonds is 2. The average molecular weight is 295 g/mol. The van der Waals surface area contributed by atoms with Crippen LogP contribution in [0.15, 0.2) is 18.2 Å². The first-order valence-corrected chi connectivity index (χ1v) is 7.52. The Morgan fingerprint density at radius 1 is 1.38 bits per heavy atom. The van der Waals surface area contributed by atoms with Gasteiger partial charge in [-0.15, -0.1) is 0 Å². The molecule has 21 heavy (non-hydrogen) atoms. The van der Waals surface area contributed by atoms with Crippen LogP contribution in [0.4, 0.5) is 0 Å². The van der Waals surface area contributed by atoms with Crippen LogP contribution < -0.4 is 10.5 Å². The van der Waals surface area contributed by atoms with Gasteiger partial charge < -0.3 is 15.6 Å². The van der Waals surface area contributed by atoms with Gasteiger partial charge in [-0.25, -0.2) is 0 Å². The zero-order chi connectivity index (χ0) is 16.5. The van der Waals surface area contributed by atoms with E-state index in [-0.39, 0.29) is 6.54 Å². The molecule has 4 nitrogen and oxygen atoms in total. The van der Waals surface area contributed by atoms with Crippen molar-refractivity contribution in [2.45, 2.75) is 47.5 Å². The highest BCUT2D eigenvalue weighted by Gasteiger charge is 2.24. The summed E-state index contributed by atoms with van der Waals surface area (Å²) >= 11 is 0. The molecule has 0 aliphatic carbocycles. The Morgan fingerprint density at radius 2 is 2.00 bits per heavy atom. The normalized spacial score (nSPS) is 12.7. The third-order valence-corrected chi connectivity index (χ3v) is 3.16. The molecule has 0 spiro atoms. The molecule has 0 saturated carbocycles. The fraction of sp³-hybridized carbons (Fsp3) is 0.588. The number of hydrogen-bond acceptors (Lipinski definition) is 3. The first-order valence-electron chi connectivity index (χ1n) is 7.52. The number of benzene rings is 1. The van der Waals surface area contributed by atoms with Crippen LogP contribution in [0.3, 0.4) is 0 Å². The van der Waals surface area contributed by atoms with Crippen molar-refractivity contribution in [2.75, 3.05) is 13.2 Å². The number of carbonyl (C=O) groups is 1. The van der Waals surface area contributed by atoms with Gasteiger partial charge in [0.2, 0.25) is 0 Å². The van der Waals surface area contributed by atoms with E-state index in [9.17, 15) is 4.79 Å². The lowest BCUT2D eigenvalue weighted by Crippen LogP contribution is -2.32. The monoisotopic (exact) mass is 295 g/mol. The lowest BCUT2D eigenvalue weighted by molar-refractivity contribution is -0.146. The van der Waals surface area contributed by atoms with E-state index in [0.29, 0.717) is 0 Å². The third kappa shape index (κ3) is 6.63. The molecule has 4 heteroatoms.